The molecule has 0 saturated heterocycles. The smallest absolute Gasteiger partial charge is 0.320 e. The van der Waals surface area contributed by atoms with Crippen molar-refractivity contribution in [2.75, 3.05) is 26.2 Å². The SMILES string of the molecule is CC(C)(C)C(c1cc(-c2cc(F)ccc2F)cn1Cc1ccccc1)N(CCC(N)C(=O)NCCNC(=O)CC[C@H](N)C(=O)O)C(=O)CO. The first kappa shape index (κ1) is 38.8. The van der Waals surface area contributed by atoms with Gasteiger partial charge in [-0.25, -0.2) is 8.78 Å². The van der Waals surface area contributed by atoms with Gasteiger partial charge in [0.2, 0.25) is 17.7 Å². The van der Waals surface area contributed by atoms with Crippen LogP contribution < -0.4 is 22.1 Å². The van der Waals surface area contributed by atoms with Crippen molar-refractivity contribution in [3.05, 3.63) is 83.7 Å². The highest BCUT2D eigenvalue weighted by atomic mass is 19.1. The summed E-state index contributed by atoms with van der Waals surface area (Å²) in [7, 11) is 0. The van der Waals surface area contributed by atoms with Crippen molar-refractivity contribution in [2.24, 2.45) is 16.9 Å². The van der Waals surface area contributed by atoms with Crippen molar-refractivity contribution < 1.29 is 38.2 Å². The Balaban J connectivity index is 1.81. The highest BCUT2D eigenvalue weighted by Gasteiger charge is 2.37. The molecule has 0 aliphatic carbocycles. The van der Waals surface area contributed by atoms with Gasteiger partial charge < -0.3 is 41.8 Å². The molecule has 0 radical (unpaired) electrons. The minimum atomic E-state index is -1.20. The Morgan fingerprint density at radius 2 is 1.61 bits per heavy atom. The number of nitrogens with zero attached hydrogens (tertiary/aromatic N) is 2. The minimum Gasteiger partial charge on any atom is -0.480 e. The summed E-state index contributed by atoms with van der Waals surface area (Å²) in [5, 5.41) is 24.0. The Hall–Kier alpha value is -4.66. The van der Waals surface area contributed by atoms with E-state index in [1.54, 1.807) is 12.3 Å². The Morgan fingerprint density at radius 1 is 0.939 bits per heavy atom. The van der Waals surface area contributed by atoms with Crippen LogP contribution in [0.4, 0.5) is 8.78 Å². The van der Waals surface area contributed by atoms with Gasteiger partial charge in [-0.2, -0.15) is 0 Å². The molecule has 0 saturated carbocycles. The minimum absolute atomic E-state index is 0.0172. The van der Waals surface area contributed by atoms with E-state index >= 15 is 0 Å². The fourth-order valence-electron chi connectivity index (χ4n) is 5.53. The molecular weight excluding hydrogens is 638 g/mol. The maximum Gasteiger partial charge on any atom is 0.320 e. The largest absolute Gasteiger partial charge is 0.480 e. The molecular formula is C35H46F2N6O6. The normalized spacial score (nSPS) is 13.3. The second-order valence-corrected chi connectivity index (χ2v) is 12.9. The van der Waals surface area contributed by atoms with Crippen molar-refractivity contribution >= 4 is 23.7 Å². The number of carboxylic acids is 1. The standard InChI is InChI=1S/C35H46F2N6O6/c1-35(2,3)32(29-17-23(25-18-24(36)9-10-26(25)37)20-42(29)19-22-7-5-4-6-8-22)43(31(46)21-44)16-13-27(38)33(47)41-15-14-40-30(45)12-11-28(39)34(48)49/h4-10,17-18,20,27-28,32,44H,11-16,19,21,38-39H2,1-3H3,(H,40,45)(H,41,47)(H,48,49)/t27?,28-,32?/m0/s1. The van der Waals surface area contributed by atoms with Crippen LogP contribution in [0.25, 0.3) is 11.1 Å². The molecule has 49 heavy (non-hydrogen) atoms. The van der Waals surface area contributed by atoms with Crippen LogP contribution in [0.15, 0.2) is 60.8 Å². The number of nitrogens with one attached hydrogen (secondary N) is 2. The summed E-state index contributed by atoms with van der Waals surface area (Å²) >= 11 is 0. The van der Waals surface area contributed by atoms with Gasteiger partial charge in [0.15, 0.2) is 0 Å². The average Bonchev–Trinajstić information content (AvgIpc) is 3.46. The number of nitrogens with two attached hydrogens (primary N) is 2. The lowest BCUT2D eigenvalue weighted by Gasteiger charge is -2.41. The predicted octanol–water partition coefficient (Wildman–Crippen LogP) is 2.53. The monoisotopic (exact) mass is 684 g/mol. The van der Waals surface area contributed by atoms with E-state index in [4.69, 9.17) is 16.6 Å². The van der Waals surface area contributed by atoms with Crippen molar-refractivity contribution in [2.45, 2.75) is 64.7 Å². The maximum absolute atomic E-state index is 15.0. The summed E-state index contributed by atoms with van der Waals surface area (Å²) in [6.45, 7) is 5.39. The molecule has 0 aliphatic heterocycles. The molecule has 3 atom stereocenters. The lowest BCUT2D eigenvalue weighted by atomic mass is 9.82. The van der Waals surface area contributed by atoms with Gasteiger partial charge in [0.1, 0.15) is 24.3 Å². The number of carbonyl (C=O) groups excluding carboxylic acids is 3. The lowest BCUT2D eigenvalue weighted by Crippen LogP contribution is -2.48. The highest BCUT2D eigenvalue weighted by molar-refractivity contribution is 5.82. The summed E-state index contributed by atoms with van der Waals surface area (Å²) in [5.74, 6) is -3.96. The number of hydrogen-bond acceptors (Lipinski definition) is 7. The lowest BCUT2D eigenvalue weighted by molar-refractivity contribution is -0.140. The van der Waals surface area contributed by atoms with Gasteiger partial charge in [-0.3, -0.25) is 19.2 Å². The number of rotatable bonds is 17. The molecule has 0 fully saturated rings. The first-order valence-electron chi connectivity index (χ1n) is 16.0. The molecule has 3 rings (SSSR count). The van der Waals surface area contributed by atoms with Crippen LogP contribution in [-0.4, -0.2) is 81.7 Å². The maximum atomic E-state index is 15.0. The highest BCUT2D eigenvalue weighted by Crippen LogP contribution is 2.41. The van der Waals surface area contributed by atoms with E-state index in [1.165, 1.54) is 4.90 Å². The third-order valence-corrected chi connectivity index (χ3v) is 8.00. The van der Waals surface area contributed by atoms with Gasteiger partial charge in [-0.05, 0) is 48.1 Å². The van der Waals surface area contributed by atoms with Crippen LogP contribution >= 0.6 is 0 Å². The number of aromatic nitrogens is 1. The van der Waals surface area contributed by atoms with Gasteiger partial charge >= 0.3 is 5.97 Å². The molecule has 266 valence electrons. The molecule has 0 spiro atoms. The molecule has 8 N–H and O–H groups in total. The molecule has 1 heterocycles. The third kappa shape index (κ3) is 11.2. The molecule has 0 aliphatic rings. The van der Waals surface area contributed by atoms with E-state index < -0.39 is 65.5 Å². The molecule has 1 aromatic heterocycles. The number of aliphatic hydroxyl groups excluding tert-OH is 1. The first-order valence-corrected chi connectivity index (χ1v) is 16.0. The van der Waals surface area contributed by atoms with Crippen LogP contribution in [0.3, 0.4) is 0 Å². The molecule has 3 amide bonds. The third-order valence-electron chi connectivity index (χ3n) is 8.00. The first-order chi connectivity index (χ1) is 23.1. The van der Waals surface area contributed by atoms with Crippen LogP contribution in [-0.2, 0) is 25.7 Å². The van der Waals surface area contributed by atoms with Crippen LogP contribution in [0, 0.1) is 17.0 Å². The quantitative estimate of drug-likeness (QED) is 0.117. The Kier molecular flexibility index (Phi) is 14.0. The zero-order valence-electron chi connectivity index (χ0n) is 28.0. The van der Waals surface area contributed by atoms with Crippen molar-refractivity contribution in [1.29, 1.82) is 0 Å². The Bertz CT molecular complexity index is 1590. The van der Waals surface area contributed by atoms with Crippen LogP contribution in [0.5, 0.6) is 0 Å². The van der Waals surface area contributed by atoms with E-state index in [2.05, 4.69) is 10.6 Å². The summed E-state index contributed by atoms with van der Waals surface area (Å²) in [6, 6.07) is 11.5. The number of benzene rings is 2. The van der Waals surface area contributed by atoms with Crippen LogP contribution in [0.1, 0.15) is 57.3 Å². The molecule has 2 aromatic carbocycles. The molecule has 12 nitrogen and oxygen atoms in total. The Labute approximate surface area is 284 Å². The second-order valence-electron chi connectivity index (χ2n) is 12.9. The average molecular weight is 685 g/mol. The molecule has 0 bridgehead atoms. The second kappa shape index (κ2) is 17.7. The fraction of sp³-hybridized carbons (Fsp3) is 0.429. The number of amides is 3. The van der Waals surface area contributed by atoms with E-state index in [0.717, 1.165) is 23.8 Å². The predicted molar refractivity (Wildman–Crippen MR) is 180 cm³/mol. The fourth-order valence-corrected chi connectivity index (χ4v) is 5.53. The molecule has 2 unspecified atom stereocenters. The van der Waals surface area contributed by atoms with E-state index in [9.17, 15) is 33.1 Å². The summed E-state index contributed by atoms with van der Waals surface area (Å²) in [6.07, 6.45) is 1.61. The van der Waals surface area contributed by atoms with Crippen molar-refractivity contribution in [1.82, 2.24) is 20.1 Å². The number of aliphatic carboxylic acids is 1. The van der Waals surface area contributed by atoms with Crippen LogP contribution in [0.2, 0.25) is 0 Å². The topological polar surface area (TPSA) is 193 Å². The summed E-state index contributed by atoms with van der Waals surface area (Å²) in [4.78, 5) is 50.3. The van der Waals surface area contributed by atoms with Gasteiger partial charge in [0.25, 0.3) is 0 Å². The number of hydrogen-bond donors (Lipinski definition) is 6. The van der Waals surface area contributed by atoms with Gasteiger partial charge in [0.05, 0.1) is 12.1 Å². The number of carbonyl (C=O) groups is 4. The number of carboxylic acid groups (broad SMARTS) is 1. The van der Waals surface area contributed by atoms with E-state index in [1.807, 2.05) is 55.7 Å². The van der Waals surface area contributed by atoms with Gasteiger partial charge in [-0.1, -0.05) is 51.1 Å². The van der Waals surface area contributed by atoms with Crippen molar-refractivity contribution in [3.8, 4) is 11.1 Å². The number of halogens is 2. The molecule has 3 aromatic rings. The Morgan fingerprint density at radius 3 is 2.24 bits per heavy atom. The van der Waals surface area contributed by atoms with Crippen molar-refractivity contribution in [3.63, 3.8) is 0 Å². The zero-order chi connectivity index (χ0) is 36.3. The van der Waals surface area contributed by atoms with Gasteiger partial charge in [0, 0.05) is 55.6 Å². The molecule has 14 heteroatoms. The zero-order valence-corrected chi connectivity index (χ0v) is 28.0. The van der Waals surface area contributed by atoms with E-state index in [0.29, 0.717) is 17.8 Å². The summed E-state index contributed by atoms with van der Waals surface area (Å²) in [5.41, 5.74) is 12.9. The van der Waals surface area contributed by atoms with E-state index in [-0.39, 0.29) is 44.5 Å². The number of aliphatic hydroxyl groups is 1. The van der Waals surface area contributed by atoms with Gasteiger partial charge in [-0.15, -0.1) is 0 Å². The summed E-state index contributed by atoms with van der Waals surface area (Å²) < 4.78 is 31.1.